The Morgan fingerprint density at radius 3 is 2.81 bits per heavy atom. The highest BCUT2D eigenvalue weighted by Crippen LogP contribution is 2.18. The minimum Gasteiger partial charge on any atom is -0.493 e. The summed E-state index contributed by atoms with van der Waals surface area (Å²) in [5.41, 5.74) is 3.23. The molecule has 1 aromatic heterocycles. The summed E-state index contributed by atoms with van der Waals surface area (Å²) >= 11 is 0. The van der Waals surface area contributed by atoms with Crippen molar-refractivity contribution in [3.8, 4) is 5.75 Å². The minimum absolute atomic E-state index is 0.163. The van der Waals surface area contributed by atoms with E-state index in [1.807, 2.05) is 49.4 Å². The van der Waals surface area contributed by atoms with Gasteiger partial charge in [0.25, 0.3) is 0 Å². The van der Waals surface area contributed by atoms with E-state index in [2.05, 4.69) is 22.5 Å². The molecule has 2 aromatic carbocycles. The number of imidazole rings is 1. The van der Waals surface area contributed by atoms with Gasteiger partial charge in [0.05, 0.1) is 17.6 Å². The van der Waals surface area contributed by atoms with Crippen molar-refractivity contribution in [3.63, 3.8) is 0 Å². The summed E-state index contributed by atoms with van der Waals surface area (Å²) in [6.07, 6.45) is 2.83. The first-order valence-corrected chi connectivity index (χ1v) is 9.22. The molecule has 1 amide bonds. The molecule has 0 radical (unpaired) electrons. The van der Waals surface area contributed by atoms with Crippen molar-refractivity contribution in [2.75, 3.05) is 13.2 Å². The first kappa shape index (κ1) is 18.7. The van der Waals surface area contributed by atoms with Gasteiger partial charge in [0, 0.05) is 19.5 Å². The van der Waals surface area contributed by atoms with Gasteiger partial charge in [-0.2, -0.15) is 0 Å². The Labute approximate surface area is 159 Å². The monoisotopic (exact) mass is 363 g/mol. The third-order valence-corrected chi connectivity index (χ3v) is 4.44. The highest BCUT2D eigenvalue weighted by molar-refractivity contribution is 5.86. The maximum absolute atomic E-state index is 11.4. The number of hydrogen-bond acceptors (Lipinski definition) is 3. The fourth-order valence-corrected chi connectivity index (χ4v) is 3.06. The molecule has 0 aliphatic carbocycles. The first-order valence-electron chi connectivity index (χ1n) is 9.22. The van der Waals surface area contributed by atoms with Gasteiger partial charge in [-0.15, -0.1) is 0 Å². The van der Waals surface area contributed by atoms with Crippen LogP contribution in [-0.2, 0) is 17.8 Å². The minimum atomic E-state index is -0.163. The van der Waals surface area contributed by atoms with Crippen LogP contribution in [0.3, 0.4) is 0 Å². The van der Waals surface area contributed by atoms with Crippen LogP contribution in [0.15, 0.2) is 61.2 Å². The Bertz CT molecular complexity index is 930. The molecule has 0 aliphatic heterocycles. The van der Waals surface area contributed by atoms with Crippen molar-refractivity contribution >= 4 is 16.9 Å². The van der Waals surface area contributed by atoms with Crippen LogP contribution in [0.4, 0.5) is 0 Å². The first-order chi connectivity index (χ1) is 13.2. The second-order valence-corrected chi connectivity index (χ2v) is 6.38. The van der Waals surface area contributed by atoms with E-state index in [4.69, 9.17) is 9.72 Å². The molecule has 0 atom stereocenters. The number of nitrogens with one attached hydrogen (secondary N) is 1. The molecule has 0 aliphatic rings. The Morgan fingerprint density at radius 2 is 2.00 bits per heavy atom. The number of nitrogens with zero attached hydrogens (tertiary/aromatic N) is 2. The second-order valence-electron chi connectivity index (χ2n) is 6.38. The van der Waals surface area contributed by atoms with Crippen molar-refractivity contribution < 1.29 is 9.53 Å². The van der Waals surface area contributed by atoms with Crippen molar-refractivity contribution in [1.82, 2.24) is 14.9 Å². The summed E-state index contributed by atoms with van der Waals surface area (Å²) in [5.74, 6) is 1.74. The maximum Gasteiger partial charge on any atom is 0.243 e. The van der Waals surface area contributed by atoms with Crippen LogP contribution >= 0.6 is 0 Å². The van der Waals surface area contributed by atoms with Gasteiger partial charge in [-0.25, -0.2) is 4.98 Å². The van der Waals surface area contributed by atoms with Crippen LogP contribution < -0.4 is 10.1 Å². The van der Waals surface area contributed by atoms with E-state index in [0.29, 0.717) is 19.6 Å². The zero-order chi connectivity index (χ0) is 19.1. The Balaban J connectivity index is 1.64. The lowest BCUT2D eigenvalue weighted by Crippen LogP contribution is -2.24. The number of aromatic nitrogens is 2. The maximum atomic E-state index is 11.4. The lowest BCUT2D eigenvalue weighted by molar-refractivity contribution is -0.116. The van der Waals surface area contributed by atoms with Gasteiger partial charge < -0.3 is 14.6 Å². The van der Waals surface area contributed by atoms with E-state index in [1.54, 1.807) is 0 Å². The van der Waals surface area contributed by atoms with Gasteiger partial charge in [0.15, 0.2) is 0 Å². The molecule has 3 aromatic rings. The smallest absolute Gasteiger partial charge is 0.243 e. The zero-order valence-corrected chi connectivity index (χ0v) is 15.6. The van der Waals surface area contributed by atoms with E-state index in [-0.39, 0.29) is 5.91 Å². The van der Waals surface area contributed by atoms with Crippen LogP contribution in [0.1, 0.15) is 17.8 Å². The molecule has 140 valence electrons. The molecule has 5 nitrogen and oxygen atoms in total. The van der Waals surface area contributed by atoms with Gasteiger partial charge in [-0.1, -0.05) is 36.9 Å². The van der Waals surface area contributed by atoms with E-state index in [0.717, 1.165) is 41.1 Å². The SMILES string of the molecule is C=CC(=O)NCCc1nc2ccccc2n1CCCOc1ccccc1C. The molecule has 1 N–H and O–H groups in total. The summed E-state index contributed by atoms with van der Waals surface area (Å²) in [7, 11) is 0. The zero-order valence-electron chi connectivity index (χ0n) is 15.6. The molecule has 1 heterocycles. The Kier molecular flexibility index (Phi) is 6.26. The molecule has 0 bridgehead atoms. The molecular formula is C22H25N3O2. The molecule has 0 fully saturated rings. The quantitative estimate of drug-likeness (QED) is 0.466. The number of benzene rings is 2. The number of hydrogen-bond donors (Lipinski definition) is 1. The third-order valence-electron chi connectivity index (χ3n) is 4.44. The van der Waals surface area contributed by atoms with E-state index >= 15 is 0 Å². The largest absolute Gasteiger partial charge is 0.493 e. The number of rotatable bonds is 9. The summed E-state index contributed by atoms with van der Waals surface area (Å²) in [6.45, 7) is 7.52. The molecule has 0 saturated carbocycles. The van der Waals surface area contributed by atoms with Gasteiger partial charge >= 0.3 is 0 Å². The van der Waals surface area contributed by atoms with Crippen molar-refractivity contribution in [2.45, 2.75) is 26.3 Å². The van der Waals surface area contributed by atoms with E-state index < -0.39 is 0 Å². The van der Waals surface area contributed by atoms with Gasteiger partial charge in [-0.3, -0.25) is 4.79 Å². The number of carbonyl (C=O) groups is 1. The number of ether oxygens (including phenoxy) is 1. The van der Waals surface area contributed by atoms with Gasteiger partial charge in [0.2, 0.25) is 5.91 Å². The number of para-hydroxylation sites is 3. The van der Waals surface area contributed by atoms with Crippen LogP contribution in [0.5, 0.6) is 5.75 Å². The number of carbonyl (C=O) groups excluding carboxylic acids is 1. The fourth-order valence-electron chi connectivity index (χ4n) is 3.06. The number of fused-ring (bicyclic) bond motifs is 1. The van der Waals surface area contributed by atoms with Crippen LogP contribution in [0.2, 0.25) is 0 Å². The molecule has 5 heteroatoms. The normalized spacial score (nSPS) is 10.7. The fraction of sp³-hybridized carbons (Fsp3) is 0.273. The highest BCUT2D eigenvalue weighted by atomic mass is 16.5. The summed E-state index contributed by atoms with van der Waals surface area (Å²) < 4.78 is 8.13. The van der Waals surface area contributed by atoms with Crippen LogP contribution in [0.25, 0.3) is 11.0 Å². The molecule has 0 spiro atoms. The lowest BCUT2D eigenvalue weighted by atomic mass is 10.2. The average Bonchev–Trinajstić information content (AvgIpc) is 3.04. The molecule has 0 unspecified atom stereocenters. The molecule has 0 saturated heterocycles. The second kappa shape index (κ2) is 9.03. The molecule has 3 rings (SSSR count). The average molecular weight is 363 g/mol. The third kappa shape index (κ3) is 4.76. The van der Waals surface area contributed by atoms with Crippen LogP contribution in [-0.4, -0.2) is 28.6 Å². The standard InChI is InChI=1S/C22H25N3O2/c1-3-22(26)23-14-13-21-24-18-10-5-6-11-19(18)25(21)15-8-16-27-20-12-7-4-9-17(20)2/h3-7,9-12H,1,8,13-16H2,2H3,(H,23,26). The summed E-state index contributed by atoms with van der Waals surface area (Å²) in [5, 5.41) is 2.81. The predicted octanol–water partition coefficient (Wildman–Crippen LogP) is 3.66. The van der Waals surface area contributed by atoms with Crippen molar-refractivity contribution in [1.29, 1.82) is 0 Å². The van der Waals surface area contributed by atoms with E-state index in [1.165, 1.54) is 6.08 Å². The molecular weight excluding hydrogens is 338 g/mol. The van der Waals surface area contributed by atoms with Crippen molar-refractivity contribution in [3.05, 3.63) is 72.6 Å². The Hall–Kier alpha value is -3.08. The van der Waals surface area contributed by atoms with Crippen molar-refractivity contribution in [2.24, 2.45) is 0 Å². The lowest BCUT2D eigenvalue weighted by Gasteiger charge is -2.12. The summed E-state index contributed by atoms with van der Waals surface area (Å²) in [4.78, 5) is 16.1. The molecule has 27 heavy (non-hydrogen) atoms. The number of amides is 1. The van der Waals surface area contributed by atoms with Gasteiger partial charge in [-0.05, 0) is 43.2 Å². The topological polar surface area (TPSA) is 56.2 Å². The predicted molar refractivity (Wildman–Crippen MR) is 108 cm³/mol. The van der Waals surface area contributed by atoms with Crippen LogP contribution in [0, 0.1) is 6.92 Å². The van der Waals surface area contributed by atoms with E-state index in [9.17, 15) is 4.79 Å². The summed E-state index contributed by atoms with van der Waals surface area (Å²) in [6, 6.07) is 16.2. The number of aryl methyl sites for hydroxylation is 2. The Morgan fingerprint density at radius 1 is 1.22 bits per heavy atom. The van der Waals surface area contributed by atoms with Gasteiger partial charge in [0.1, 0.15) is 11.6 Å². The highest BCUT2D eigenvalue weighted by Gasteiger charge is 2.10.